The molecule has 0 aromatic heterocycles. The molecule has 4 nitrogen and oxygen atoms in total. The van der Waals surface area contributed by atoms with Crippen molar-refractivity contribution in [2.45, 2.75) is 25.9 Å². The molecule has 0 atom stereocenters. The fraction of sp³-hybridized carbons (Fsp3) is 0.600. The second-order valence-electron chi connectivity index (χ2n) is 5.09. The number of methoxy groups -OCH3 is 2. The zero-order valence-electron chi connectivity index (χ0n) is 12.3. The van der Waals surface area contributed by atoms with E-state index in [1.165, 1.54) is 33.1 Å². The molecule has 118 valence electrons. The molecule has 1 aliphatic rings. The number of hydrogen-bond donors (Lipinski definition) is 1. The van der Waals surface area contributed by atoms with Gasteiger partial charge in [-0.25, -0.2) is 0 Å². The number of nitrogens with one attached hydrogen (secondary N) is 1. The Kier molecular flexibility index (Phi) is 5.61. The summed E-state index contributed by atoms with van der Waals surface area (Å²) in [5.74, 6) is 1.62. The van der Waals surface area contributed by atoms with E-state index in [2.05, 4.69) is 10.1 Å². The van der Waals surface area contributed by atoms with Crippen molar-refractivity contribution in [3.05, 3.63) is 17.7 Å². The molecule has 0 spiro atoms. The van der Waals surface area contributed by atoms with Crippen molar-refractivity contribution in [1.29, 1.82) is 0 Å². The molecule has 0 aliphatic heterocycles. The van der Waals surface area contributed by atoms with Gasteiger partial charge in [0, 0.05) is 6.07 Å². The maximum Gasteiger partial charge on any atom is 0.387 e. The lowest BCUT2D eigenvalue weighted by molar-refractivity contribution is -0.0513. The molecule has 1 aromatic carbocycles. The summed E-state index contributed by atoms with van der Waals surface area (Å²) in [6.45, 7) is -1.05. The summed E-state index contributed by atoms with van der Waals surface area (Å²) in [5.41, 5.74) is 0.902. The van der Waals surface area contributed by atoms with Crippen molar-refractivity contribution in [2.24, 2.45) is 5.92 Å². The van der Waals surface area contributed by atoms with Crippen LogP contribution in [0.25, 0.3) is 0 Å². The first-order chi connectivity index (χ1) is 10.1. The van der Waals surface area contributed by atoms with E-state index in [0.717, 1.165) is 31.0 Å². The Morgan fingerprint density at radius 2 is 1.86 bits per heavy atom. The van der Waals surface area contributed by atoms with E-state index in [0.29, 0.717) is 5.75 Å². The van der Waals surface area contributed by atoms with Gasteiger partial charge < -0.3 is 19.5 Å². The number of alkyl halides is 2. The van der Waals surface area contributed by atoms with E-state index < -0.39 is 6.61 Å². The second kappa shape index (κ2) is 7.45. The van der Waals surface area contributed by atoms with Gasteiger partial charge >= 0.3 is 6.61 Å². The smallest absolute Gasteiger partial charge is 0.387 e. The van der Waals surface area contributed by atoms with Crippen LogP contribution in [0.5, 0.6) is 17.2 Å². The number of hydrogen-bond acceptors (Lipinski definition) is 4. The summed E-state index contributed by atoms with van der Waals surface area (Å²) < 4.78 is 39.5. The minimum Gasteiger partial charge on any atom is -0.496 e. The molecule has 21 heavy (non-hydrogen) atoms. The van der Waals surface area contributed by atoms with Crippen LogP contribution < -0.4 is 19.5 Å². The maximum absolute atomic E-state index is 12.4. The third-order valence-corrected chi connectivity index (χ3v) is 3.48. The summed E-state index contributed by atoms with van der Waals surface area (Å²) in [6.07, 6.45) is 3.36. The van der Waals surface area contributed by atoms with Crippen LogP contribution in [-0.2, 0) is 6.42 Å². The summed E-state index contributed by atoms with van der Waals surface area (Å²) in [5, 5.41) is 3.38. The predicted octanol–water partition coefficient (Wildman–Crippen LogP) is 2.85. The normalized spacial score (nSPS) is 14.3. The van der Waals surface area contributed by atoms with Crippen LogP contribution >= 0.6 is 0 Å². The molecule has 0 radical (unpaired) electrons. The number of rotatable bonds is 9. The fourth-order valence-electron chi connectivity index (χ4n) is 2.17. The van der Waals surface area contributed by atoms with Crippen molar-refractivity contribution in [3.63, 3.8) is 0 Å². The van der Waals surface area contributed by atoms with E-state index in [1.807, 2.05) is 0 Å². The Hall–Kier alpha value is -1.56. The Bertz CT molecular complexity index is 464. The molecular formula is C15H21F2NO3. The van der Waals surface area contributed by atoms with Crippen LogP contribution in [0.4, 0.5) is 8.78 Å². The Morgan fingerprint density at radius 3 is 2.43 bits per heavy atom. The first kappa shape index (κ1) is 15.8. The highest BCUT2D eigenvalue weighted by atomic mass is 19.3. The third kappa shape index (κ3) is 4.74. The van der Waals surface area contributed by atoms with Gasteiger partial charge in [-0.05, 0) is 49.9 Å². The van der Waals surface area contributed by atoms with E-state index in [4.69, 9.17) is 9.47 Å². The summed E-state index contributed by atoms with van der Waals surface area (Å²) in [7, 11) is 2.93. The lowest BCUT2D eigenvalue weighted by Gasteiger charge is -2.15. The first-order valence-corrected chi connectivity index (χ1v) is 7.04. The standard InChI is InChI=1S/C15H21F2NO3/c1-19-12-8-14(21-15(16)17)13(20-2)7-11(12)5-6-18-9-10-3-4-10/h7-8,10,15,18H,3-6,9H2,1-2H3. The van der Waals surface area contributed by atoms with E-state index in [9.17, 15) is 8.78 Å². The molecule has 1 fully saturated rings. The minimum atomic E-state index is -2.89. The molecule has 1 aliphatic carbocycles. The molecule has 0 bridgehead atoms. The van der Waals surface area contributed by atoms with E-state index in [-0.39, 0.29) is 11.5 Å². The molecule has 6 heteroatoms. The van der Waals surface area contributed by atoms with Crippen LogP contribution in [0.15, 0.2) is 12.1 Å². The molecule has 2 rings (SSSR count). The van der Waals surface area contributed by atoms with Crippen molar-refractivity contribution >= 4 is 0 Å². The highest BCUT2D eigenvalue weighted by molar-refractivity contribution is 5.50. The zero-order valence-corrected chi connectivity index (χ0v) is 12.3. The van der Waals surface area contributed by atoms with Gasteiger partial charge in [0.2, 0.25) is 0 Å². The molecule has 0 amide bonds. The molecule has 1 saturated carbocycles. The lowest BCUT2D eigenvalue weighted by atomic mass is 10.1. The van der Waals surface area contributed by atoms with Crippen LogP contribution in [0.3, 0.4) is 0 Å². The van der Waals surface area contributed by atoms with Gasteiger partial charge in [0.15, 0.2) is 11.5 Å². The highest BCUT2D eigenvalue weighted by Crippen LogP contribution is 2.36. The SMILES string of the molecule is COc1cc(OC(F)F)c(OC)cc1CCNCC1CC1. The molecule has 0 heterocycles. The average Bonchev–Trinajstić information content (AvgIpc) is 3.27. The molecule has 1 aromatic rings. The quantitative estimate of drug-likeness (QED) is 0.712. The molecule has 0 unspecified atom stereocenters. The Morgan fingerprint density at radius 1 is 1.14 bits per heavy atom. The second-order valence-corrected chi connectivity index (χ2v) is 5.09. The maximum atomic E-state index is 12.4. The largest absolute Gasteiger partial charge is 0.496 e. The Balaban J connectivity index is 2.03. The van der Waals surface area contributed by atoms with Gasteiger partial charge in [0.1, 0.15) is 5.75 Å². The monoisotopic (exact) mass is 301 g/mol. The Labute approximate surface area is 123 Å². The van der Waals surface area contributed by atoms with Gasteiger partial charge in [0.05, 0.1) is 14.2 Å². The molecule has 0 saturated heterocycles. The van der Waals surface area contributed by atoms with Gasteiger partial charge in [-0.1, -0.05) is 0 Å². The van der Waals surface area contributed by atoms with Gasteiger partial charge in [0.25, 0.3) is 0 Å². The predicted molar refractivity (Wildman–Crippen MR) is 75.5 cm³/mol. The summed E-state index contributed by atoms with van der Waals surface area (Å²) in [6, 6.07) is 3.14. The van der Waals surface area contributed by atoms with Crippen LogP contribution in [0.1, 0.15) is 18.4 Å². The number of halogens is 2. The first-order valence-electron chi connectivity index (χ1n) is 7.04. The third-order valence-electron chi connectivity index (χ3n) is 3.48. The number of benzene rings is 1. The van der Waals surface area contributed by atoms with Gasteiger partial charge in [-0.2, -0.15) is 8.78 Å². The zero-order chi connectivity index (χ0) is 15.2. The number of ether oxygens (including phenoxy) is 3. The highest BCUT2D eigenvalue weighted by Gasteiger charge is 2.20. The van der Waals surface area contributed by atoms with Crippen molar-refractivity contribution in [2.75, 3.05) is 27.3 Å². The summed E-state index contributed by atoms with van der Waals surface area (Å²) in [4.78, 5) is 0. The molecular weight excluding hydrogens is 280 g/mol. The van der Waals surface area contributed by atoms with E-state index in [1.54, 1.807) is 6.07 Å². The average molecular weight is 301 g/mol. The van der Waals surface area contributed by atoms with Crippen molar-refractivity contribution < 1.29 is 23.0 Å². The topological polar surface area (TPSA) is 39.7 Å². The fourth-order valence-corrected chi connectivity index (χ4v) is 2.17. The van der Waals surface area contributed by atoms with E-state index >= 15 is 0 Å². The van der Waals surface area contributed by atoms with Crippen LogP contribution in [0, 0.1) is 5.92 Å². The lowest BCUT2D eigenvalue weighted by Crippen LogP contribution is -2.20. The van der Waals surface area contributed by atoms with Crippen molar-refractivity contribution in [1.82, 2.24) is 5.32 Å². The van der Waals surface area contributed by atoms with Crippen LogP contribution in [0.2, 0.25) is 0 Å². The van der Waals surface area contributed by atoms with Gasteiger partial charge in [-0.3, -0.25) is 0 Å². The minimum absolute atomic E-state index is 0.0148. The summed E-state index contributed by atoms with van der Waals surface area (Å²) >= 11 is 0. The van der Waals surface area contributed by atoms with Crippen LogP contribution in [-0.4, -0.2) is 33.9 Å². The van der Waals surface area contributed by atoms with Gasteiger partial charge in [-0.15, -0.1) is 0 Å². The molecule has 1 N–H and O–H groups in total. The van der Waals surface area contributed by atoms with Crippen molar-refractivity contribution in [3.8, 4) is 17.2 Å².